The van der Waals surface area contributed by atoms with Gasteiger partial charge in [0.05, 0.1) is 11.6 Å². The van der Waals surface area contributed by atoms with Crippen LogP contribution >= 0.6 is 0 Å². The SMILES string of the molecule is CCCNC(=O)[C@H]1CC(=O)N(c2cccc3ccccc23)C1. The maximum Gasteiger partial charge on any atom is 0.227 e. The first-order valence-electron chi connectivity index (χ1n) is 7.76. The molecule has 1 aliphatic rings. The van der Waals surface area contributed by atoms with Crippen molar-refractivity contribution in [1.29, 1.82) is 0 Å². The molecule has 4 heteroatoms. The Morgan fingerprint density at radius 1 is 1.23 bits per heavy atom. The second kappa shape index (κ2) is 6.18. The summed E-state index contributed by atoms with van der Waals surface area (Å²) in [6.07, 6.45) is 1.19. The van der Waals surface area contributed by atoms with Crippen molar-refractivity contribution in [1.82, 2.24) is 5.32 Å². The van der Waals surface area contributed by atoms with Crippen LogP contribution in [0.4, 0.5) is 5.69 Å². The summed E-state index contributed by atoms with van der Waals surface area (Å²) in [6, 6.07) is 13.9. The smallest absolute Gasteiger partial charge is 0.227 e. The fourth-order valence-electron chi connectivity index (χ4n) is 2.95. The lowest BCUT2D eigenvalue weighted by Gasteiger charge is -2.19. The number of amides is 2. The maximum atomic E-state index is 12.4. The Balaban J connectivity index is 1.86. The fraction of sp³-hybridized carbons (Fsp3) is 0.333. The highest BCUT2D eigenvalue weighted by molar-refractivity contribution is 6.06. The molecule has 2 amide bonds. The molecule has 3 rings (SSSR count). The Hall–Kier alpha value is -2.36. The van der Waals surface area contributed by atoms with E-state index in [0.717, 1.165) is 22.9 Å². The van der Waals surface area contributed by atoms with E-state index >= 15 is 0 Å². The number of hydrogen-bond donors (Lipinski definition) is 1. The third kappa shape index (κ3) is 2.69. The van der Waals surface area contributed by atoms with Crippen molar-refractivity contribution in [2.24, 2.45) is 5.92 Å². The molecule has 0 aliphatic carbocycles. The number of hydrogen-bond acceptors (Lipinski definition) is 2. The third-order valence-corrected chi connectivity index (χ3v) is 4.10. The van der Waals surface area contributed by atoms with Gasteiger partial charge in [0.2, 0.25) is 11.8 Å². The van der Waals surface area contributed by atoms with E-state index in [9.17, 15) is 9.59 Å². The minimum absolute atomic E-state index is 0.0158. The number of carbonyl (C=O) groups excluding carboxylic acids is 2. The van der Waals surface area contributed by atoms with Crippen molar-refractivity contribution in [3.63, 3.8) is 0 Å². The molecular formula is C18H20N2O2. The lowest BCUT2D eigenvalue weighted by molar-refractivity contribution is -0.126. The summed E-state index contributed by atoms with van der Waals surface area (Å²) in [5.41, 5.74) is 0.897. The van der Waals surface area contributed by atoms with Crippen LogP contribution in [-0.4, -0.2) is 24.9 Å². The second-order valence-electron chi connectivity index (χ2n) is 5.69. The normalized spacial score (nSPS) is 18.0. The monoisotopic (exact) mass is 296 g/mol. The van der Waals surface area contributed by atoms with Crippen molar-refractivity contribution in [2.45, 2.75) is 19.8 Å². The molecule has 1 aliphatic heterocycles. The standard InChI is InChI=1S/C18H20N2O2/c1-2-10-19-18(22)14-11-17(21)20(12-14)16-9-5-7-13-6-3-4-8-15(13)16/h3-9,14H,2,10-12H2,1H3,(H,19,22)/t14-/m0/s1. The van der Waals surface area contributed by atoms with Crippen LogP contribution in [0.2, 0.25) is 0 Å². The number of fused-ring (bicyclic) bond motifs is 1. The molecule has 0 unspecified atom stereocenters. The highest BCUT2D eigenvalue weighted by Crippen LogP contribution is 2.31. The van der Waals surface area contributed by atoms with Crippen LogP contribution in [0.5, 0.6) is 0 Å². The predicted octanol–water partition coefficient (Wildman–Crippen LogP) is 2.72. The van der Waals surface area contributed by atoms with E-state index in [0.29, 0.717) is 19.5 Å². The molecule has 0 radical (unpaired) electrons. The van der Waals surface area contributed by atoms with Crippen molar-refractivity contribution in [2.75, 3.05) is 18.0 Å². The average Bonchev–Trinajstić information content (AvgIpc) is 2.94. The Kier molecular flexibility index (Phi) is 4.09. The van der Waals surface area contributed by atoms with Crippen LogP contribution in [0.3, 0.4) is 0 Å². The van der Waals surface area contributed by atoms with Crippen LogP contribution in [-0.2, 0) is 9.59 Å². The Bertz CT molecular complexity index is 706. The molecule has 1 saturated heterocycles. The lowest BCUT2D eigenvalue weighted by atomic mass is 10.1. The van der Waals surface area contributed by atoms with Gasteiger partial charge in [-0.3, -0.25) is 9.59 Å². The van der Waals surface area contributed by atoms with E-state index in [1.54, 1.807) is 4.90 Å². The summed E-state index contributed by atoms with van der Waals surface area (Å²) in [4.78, 5) is 26.2. The topological polar surface area (TPSA) is 49.4 Å². The molecule has 0 bridgehead atoms. The molecule has 22 heavy (non-hydrogen) atoms. The highest BCUT2D eigenvalue weighted by Gasteiger charge is 2.35. The van der Waals surface area contributed by atoms with Crippen molar-refractivity contribution in [3.8, 4) is 0 Å². The molecule has 0 aromatic heterocycles. The van der Waals surface area contributed by atoms with Crippen molar-refractivity contribution in [3.05, 3.63) is 42.5 Å². The first-order valence-corrected chi connectivity index (χ1v) is 7.76. The van der Waals surface area contributed by atoms with E-state index < -0.39 is 0 Å². The van der Waals surface area contributed by atoms with Gasteiger partial charge in [0.1, 0.15) is 0 Å². The third-order valence-electron chi connectivity index (χ3n) is 4.10. The van der Waals surface area contributed by atoms with Gasteiger partial charge in [0.25, 0.3) is 0 Å². The van der Waals surface area contributed by atoms with Crippen LogP contribution < -0.4 is 10.2 Å². The summed E-state index contributed by atoms with van der Waals surface area (Å²) in [5.74, 6) is -0.246. The number of rotatable bonds is 4. The van der Waals surface area contributed by atoms with Gasteiger partial charge in [-0.05, 0) is 17.9 Å². The summed E-state index contributed by atoms with van der Waals surface area (Å²) >= 11 is 0. The molecule has 0 saturated carbocycles. The Morgan fingerprint density at radius 3 is 2.82 bits per heavy atom. The number of benzene rings is 2. The molecule has 4 nitrogen and oxygen atoms in total. The summed E-state index contributed by atoms with van der Waals surface area (Å²) in [7, 11) is 0. The van der Waals surface area contributed by atoms with Gasteiger partial charge < -0.3 is 10.2 Å². The van der Waals surface area contributed by atoms with Crippen LogP contribution in [0.25, 0.3) is 10.8 Å². The zero-order valence-corrected chi connectivity index (χ0v) is 12.7. The van der Waals surface area contributed by atoms with E-state index in [-0.39, 0.29) is 17.7 Å². The predicted molar refractivity (Wildman–Crippen MR) is 87.7 cm³/mol. The first-order chi connectivity index (χ1) is 10.7. The van der Waals surface area contributed by atoms with Crippen molar-refractivity contribution < 1.29 is 9.59 Å². The van der Waals surface area contributed by atoms with Gasteiger partial charge in [0.15, 0.2) is 0 Å². The first kappa shape index (κ1) is 14.6. The van der Waals surface area contributed by atoms with Gasteiger partial charge in [-0.2, -0.15) is 0 Å². The Morgan fingerprint density at radius 2 is 2.00 bits per heavy atom. The number of nitrogens with zero attached hydrogens (tertiary/aromatic N) is 1. The molecule has 0 spiro atoms. The van der Waals surface area contributed by atoms with Gasteiger partial charge in [-0.25, -0.2) is 0 Å². The molecule has 1 heterocycles. The van der Waals surface area contributed by atoms with Gasteiger partial charge in [0, 0.05) is 24.9 Å². The van der Waals surface area contributed by atoms with Gasteiger partial charge in [-0.1, -0.05) is 43.3 Å². The van der Waals surface area contributed by atoms with Gasteiger partial charge >= 0.3 is 0 Å². The van der Waals surface area contributed by atoms with Gasteiger partial charge in [-0.15, -0.1) is 0 Å². The quantitative estimate of drug-likeness (QED) is 0.943. The van der Waals surface area contributed by atoms with E-state index in [1.165, 1.54) is 0 Å². The fourth-order valence-corrected chi connectivity index (χ4v) is 2.95. The summed E-state index contributed by atoms with van der Waals surface area (Å²) in [5, 5.41) is 5.04. The Labute approximate surface area is 130 Å². The van der Waals surface area contributed by atoms with Crippen LogP contribution in [0.15, 0.2) is 42.5 Å². The molecule has 2 aromatic carbocycles. The summed E-state index contributed by atoms with van der Waals surface area (Å²) < 4.78 is 0. The van der Waals surface area contributed by atoms with E-state index in [1.807, 2.05) is 49.4 Å². The molecular weight excluding hydrogens is 276 g/mol. The molecule has 1 N–H and O–H groups in total. The molecule has 114 valence electrons. The lowest BCUT2D eigenvalue weighted by Crippen LogP contribution is -2.33. The highest BCUT2D eigenvalue weighted by atomic mass is 16.2. The minimum atomic E-state index is -0.252. The molecule has 1 atom stereocenters. The largest absolute Gasteiger partial charge is 0.356 e. The maximum absolute atomic E-state index is 12.4. The number of anilines is 1. The zero-order chi connectivity index (χ0) is 15.5. The zero-order valence-electron chi connectivity index (χ0n) is 12.7. The number of carbonyl (C=O) groups is 2. The number of nitrogens with one attached hydrogen (secondary N) is 1. The second-order valence-corrected chi connectivity index (χ2v) is 5.69. The van der Waals surface area contributed by atoms with Crippen LogP contribution in [0, 0.1) is 5.92 Å². The van der Waals surface area contributed by atoms with Crippen LogP contribution in [0.1, 0.15) is 19.8 Å². The van der Waals surface area contributed by atoms with Crippen molar-refractivity contribution >= 4 is 28.3 Å². The van der Waals surface area contributed by atoms with E-state index in [2.05, 4.69) is 5.32 Å². The van der Waals surface area contributed by atoms with E-state index in [4.69, 9.17) is 0 Å². The summed E-state index contributed by atoms with van der Waals surface area (Å²) in [6.45, 7) is 3.14. The minimum Gasteiger partial charge on any atom is -0.356 e. The average molecular weight is 296 g/mol. The molecule has 2 aromatic rings. The molecule has 1 fully saturated rings.